The van der Waals surface area contributed by atoms with Crippen LogP contribution in [0.4, 0.5) is 0 Å². The minimum atomic E-state index is -0.794. The number of nitrogens with zero attached hydrogens (tertiary/aromatic N) is 3. The first-order valence-corrected chi connectivity index (χ1v) is 4.06. The normalized spacial score (nSPS) is 28.1. The highest BCUT2D eigenvalue weighted by atomic mass is 16.7. The first-order valence-electron chi connectivity index (χ1n) is 4.06. The average molecular weight is 187 g/mol. The predicted octanol–water partition coefficient (Wildman–Crippen LogP) is 0.809. The molecule has 0 aromatic carbocycles. The smallest absolute Gasteiger partial charge is 0.163 e. The molecule has 1 heterocycles. The molecule has 1 N–H and O–H groups in total. The standard InChI is InChI=1S/C7H13N3O3/c1-7(2)12-4-6(13-7)5(11)3-9-10-8/h5-6,11H,3-4H2,1-2H3/t5-,6-/m0/s1. The molecule has 1 aliphatic rings. The van der Waals surface area contributed by atoms with E-state index in [1.807, 2.05) is 0 Å². The van der Waals surface area contributed by atoms with E-state index in [2.05, 4.69) is 10.0 Å². The van der Waals surface area contributed by atoms with Gasteiger partial charge in [0, 0.05) is 4.91 Å². The summed E-state index contributed by atoms with van der Waals surface area (Å²) in [5.41, 5.74) is 8.04. The molecule has 0 amide bonds. The lowest BCUT2D eigenvalue weighted by atomic mass is 10.2. The lowest BCUT2D eigenvalue weighted by molar-refractivity contribution is -0.150. The Kier molecular flexibility index (Phi) is 3.11. The van der Waals surface area contributed by atoms with E-state index in [1.54, 1.807) is 13.8 Å². The van der Waals surface area contributed by atoms with E-state index in [0.717, 1.165) is 0 Å². The van der Waals surface area contributed by atoms with Gasteiger partial charge in [0.05, 0.1) is 19.3 Å². The zero-order valence-corrected chi connectivity index (χ0v) is 7.67. The number of hydrogen-bond donors (Lipinski definition) is 1. The van der Waals surface area contributed by atoms with Crippen molar-refractivity contribution in [2.75, 3.05) is 13.2 Å². The van der Waals surface area contributed by atoms with Crippen LogP contribution in [0.5, 0.6) is 0 Å². The molecule has 0 aromatic heterocycles. The monoisotopic (exact) mass is 187 g/mol. The lowest BCUT2D eigenvalue weighted by Gasteiger charge is -2.19. The summed E-state index contributed by atoms with van der Waals surface area (Å²) in [6.07, 6.45) is -1.20. The second-order valence-electron chi connectivity index (χ2n) is 3.35. The summed E-state index contributed by atoms with van der Waals surface area (Å²) >= 11 is 0. The van der Waals surface area contributed by atoms with E-state index in [4.69, 9.17) is 15.0 Å². The number of azide groups is 1. The predicted molar refractivity (Wildman–Crippen MR) is 44.9 cm³/mol. The summed E-state index contributed by atoms with van der Waals surface area (Å²) in [5.74, 6) is -0.651. The molecular weight excluding hydrogens is 174 g/mol. The molecule has 1 saturated heterocycles. The molecule has 0 spiro atoms. The van der Waals surface area contributed by atoms with Crippen LogP contribution in [0.2, 0.25) is 0 Å². The Bertz CT molecular complexity index is 225. The first kappa shape index (κ1) is 10.3. The van der Waals surface area contributed by atoms with Gasteiger partial charge in [-0.3, -0.25) is 0 Å². The van der Waals surface area contributed by atoms with Crippen molar-refractivity contribution >= 4 is 0 Å². The van der Waals surface area contributed by atoms with E-state index < -0.39 is 18.0 Å². The van der Waals surface area contributed by atoms with E-state index in [0.29, 0.717) is 6.61 Å². The van der Waals surface area contributed by atoms with E-state index in [1.165, 1.54) is 0 Å². The van der Waals surface area contributed by atoms with Crippen LogP contribution in [0.15, 0.2) is 5.11 Å². The van der Waals surface area contributed by atoms with Crippen LogP contribution in [0.25, 0.3) is 10.4 Å². The second kappa shape index (κ2) is 3.93. The molecule has 13 heavy (non-hydrogen) atoms. The number of aliphatic hydroxyl groups is 1. The molecule has 0 unspecified atom stereocenters. The van der Waals surface area contributed by atoms with Gasteiger partial charge in [-0.2, -0.15) is 0 Å². The molecule has 0 saturated carbocycles. The van der Waals surface area contributed by atoms with Crippen LogP contribution in [0.3, 0.4) is 0 Å². The van der Waals surface area contributed by atoms with Crippen LogP contribution in [-0.2, 0) is 9.47 Å². The number of ether oxygens (including phenoxy) is 2. The molecule has 1 rings (SSSR count). The van der Waals surface area contributed by atoms with Gasteiger partial charge < -0.3 is 14.6 Å². The number of hydrogen-bond acceptors (Lipinski definition) is 4. The van der Waals surface area contributed by atoms with E-state index >= 15 is 0 Å². The van der Waals surface area contributed by atoms with Gasteiger partial charge in [-0.1, -0.05) is 5.11 Å². The van der Waals surface area contributed by atoms with Gasteiger partial charge in [-0.25, -0.2) is 0 Å². The molecule has 0 bridgehead atoms. The Morgan fingerprint density at radius 2 is 2.46 bits per heavy atom. The van der Waals surface area contributed by atoms with E-state index in [9.17, 15) is 5.11 Å². The SMILES string of the molecule is CC1(C)OC[C@@H]([C@@H](O)CN=[N+]=[N-])O1. The molecule has 0 aliphatic carbocycles. The zero-order chi connectivity index (χ0) is 9.90. The average Bonchev–Trinajstić information content (AvgIpc) is 2.42. The quantitative estimate of drug-likeness (QED) is 0.403. The third-order valence-electron chi connectivity index (χ3n) is 1.79. The summed E-state index contributed by atoms with van der Waals surface area (Å²) in [6.45, 7) is 3.89. The third-order valence-corrected chi connectivity index (χ3v) is 1.79. The van der Waals surface area contributed by atoms with Crippen LogP contribution in [0, 0.1) is 0 Å². The maximum Gasteiger partial charge on any atom is 0.163 e. The van der Waals surface area contributed by atoms with Crippen molar-refractivity contribution < 1.29 is 14.6 Å². The van der Waals surface area contributed by atoms with Crippen molar-refractivity contribution in [2.24, 2.45) is 5.11 Å². The summed E-state index contributed by atoms with van der Waals surface area (Å²) in [7, 11) is 0. The van der Waals surface area contributed by atoms with Gasteiger partial charge in [0.25, 0.3) is 0 Å². The second-order valence-corrected chi connectivity index (χ2v) is 3.35. The molecule has 0 aromatic rings. The fourth-order valence-corrected chi connectivity index (χ4v) is 1.14. The summed E-state index contributed by atoms with van der Waals surface area (Å²) < 4.78 is 10.6. The Balaban J connectivity index is 2.41. The highest BCUT2D eigenvalue weighted by molar-refractivity contribution is 4.78. The minimum absolute atomic E-state index is 0.0145. The maximum absolute atomic E-state index is 9.44. The summed E-state index contributed by atoms with van der Waals surface area (Å²) in [4.78, 5) is 2.55. The topological polar surface area (TPSA) is 87.5 Å². The summed E-state index contributed by atoms with van der Waals surface area (Å²) in [5, 5.41) is 12.7. The Morgan fingerprint density at radius 3 is 2.92 bits per heavy atom. The van der Waals surface area contributed by atoms with Gasteiger partial charge in [0.15, 0.2) is 5.79 Å². The Labute approximate surface area is 76.1 Å². The largest absolute Gasteiger partial charge is 0.390 e. The highest BCUT2D eigenvalue weighted by Gasteiger charge is 2.36. The van der Waals surface area contributed by atoms with Crippen LogP contribution < -0.4 is 0 Å². The Hall–Kier alpha value is -0.810. The fourth-order valence-electron chi connectivity index (χ4n) is 1.14. The lowest BCUT2D eigenvalue weighted by Crippen LogP contribution is -2.32. The van der Waals surface area contributed by atoms with Crippen molar-refractivity contribution in [2.45, 2.75) is 31.8 Å². The molecule has 6 heteroatoms. The van der Waals surface area contributed by atoms with Gasteiger partial charge in [0.2, 0.25) is 0 Å². The molecular formula is C7H13N3O3. The van der Waals surface area contributed by atoms with Crippen LogP contribution in [0.1, 0.15) is 13.8 Å². The number of aliphatic hydroxyl groups excluding tert-OH is 1. The molecule has 1 aliphatic heterocycles. The van der Waals surface area contributed by atoms with Crippen molar-refractivity contribution in [3.63, 3.8) is 0 Å². The van der Waals surface area contributed by atoms with Crippen molar-refractivity contribution in [3.8, 4) is 0 Å². The minimum Gasteiger partial charge on any atom is -0.390 e. The van der Waals surface area contributed by atoms with Crippen LogP contribution >= 0.6 is 0 Å². The molecule has 1 fully saturated rings. The van der Waals surface area contributed by atoms with Gasteiger partial charge >= 0.3 is 0 Å². The molecule has 0 radical (unpaired) electrons. The van der Waals surface area contributed by atoms with E-state index in [-0.39, 0.29) is 6.54 Å². The number of rotatable bonds is 3. The van der Waals surface area contributed by atoms with Crippen molar-refractivity contribution in [1.82, 2.24) is 0 Å². The van der Waals surface area contributed by atoms with Crippen LogP contribution in [-0.4, -0.2) is 36.3 Å². The molecule has 74 valence electrons. The first-order chi connectivity index (χ1) is 6.05. The molecule has 2 atom stereocenters. The van der Waals surface area contributed by atoms with Crippen molar-refractivity contribution in [3.05, 3.63) is 10.4 Å². The highest BCUT2D eigenvalue weighted by Crippen LogP contribution is 2.24. The summed E-state index contributed by atoms with van der Waals surface area (Å²) in [6, 6.07) is 0. The zero-order valence-electron chi connectivity index (χ0n) is 7.67. The fraction of sp³-hybridized carbons (Fsp3) is 1.00. The van der Waals surface area contributed by atoms with Crippen molar-refractivity contribution in [1.29, 1.82) is 0 Å². The molecule has 6 nitrogen and oxygen atoms in total. The van der Waals surface area contributed by atoms with Gasteiger partial charge in [-0.15, -0.1) is 0 Å². The van der Waals surface area contributed by atoms with Gasteiger partial charge in [-0.05, 0) is 19.4 Å². The third kappa shape index (κ3) is 2.86. The maximum atomic E-state index is 9.44. The van der Waals surface area contributed by atoms with Gasteiger partial charge in [0.1, 0.15) is 6.10 Å². The Morgan fingerprint density at radius 1 is 1.77 bits per heavy atom.